The Morgan fingerprint density at radius 1 is 1.00 bits per heavy atom. The van der Waals surface area contributed by atoms with Crippen LogP contribution in [0.15, 0.2) is 27.8 Å². The van der Waals surface area contributed by atoms with Crippen molar-refractivity contribution >= 4 is 51.9 Å². The summed E-state index contributed by atoms with van der Waals surface area (Å²) in [5, 5.41) is 0.737. The molecule has 0 spiro atoms. The number of fused-ring (bicyclic) bond motifs is 3. The van der Waals surface area contributed by atoms with Gasteiger partial charge in [-0.15, -0.1) is 0 Å². The number of aromatic nitrogens is 4. The van der Waals surface area contributed by atoms with Crippen LogP contribution in [0.25, 0.3) is 11.2 Å². The Balaban J connectivity index is 2.05. The zero-order valence-corrected chi connectivity index (χ0v) is 14.7. The van der Waals surface area contributed by atoms with Crippen LogP contribution in [0.3, 0.4) is 0 Å². The Labute approximate surface area is 150 Å². The molecule has 1 amide bonds. The molecule has 0 radical (unpaired) electrons. The summed E-state index contributed by atoms with van der Waals surface area (Å²) in [4.78, 5) is 42.8. The molecule has 128 valence electrons. The topological polar surface area (TPSA) is 82.1 Å². The number of imidazole rings is 1. The number of hydrogen-bond acceptors (Lipinski definition) is 4. The van der Waals surface area contributed by atoms with Crippen molar-refractivity contribution in [3.63, 3.8) is 0 Å². The molecule has 0 atom stereocenters. The van der Waals surface area contributed by atoms with Crippen LogP contribution in [0.2, 0.25) is 10.0 Å². The number of rotatable bonds is 1. The van der Waals surface area contributed by atoms with Crippen LogP contribution in [0, 0.1) is 0 Å². The fraction of sp³-hybridized carbons (Fsp3) is 0.200. The van der Waals surface area contributed by atoms with Crippen molar-refractivity contribution in [3.05, 3.63) is 49.1 Å². The first-order valence-electron chi connectivity index (χ1n) is 7.25. The highest BCUT2D eigenvalue weighted by Crippen LogP contribution is 2.35. The second-order valence-electron chi connectivity index (χ2n) is 5.73. The first-order valence-corrected chi connectivity index (χ1v) is 8.00. The number of aryl methyl sites for hydroxylation is 1. The average Bonchev–Trinajstić information content (AvgIpc) is 3.04. The summed E-state index contributed by atoms with van der Waals surface area (Å²) >= 11 is 12.1. The molecule has 3 aromatic rings. The van der Waals surface area contributed by atoms with Crippen LogP contribution >= 0.6 is 23.2 Å². The Kier molecular flexibility index (Phi) is 3.32. The van der Waals surface area contributed by atoms with Gasteiger partial charge < -0.3 is 0 Å². The zero-order valence-electron chi connectivity index (χ0n) is 13.2. The van der Waals surface area contributed by atoms with E-state index in [0.717, 1.165) is 4.57 Å². The van der Waals surface area contributed by atoms with Gasteiger partial charge in [0.05, 0.1) is 5.69 Å². The SMILES string of the molecule is Cn1c(=O)c2c(nc3n2CC(=O)N3c2cc(Cl)cc(Cl)c2)n(C)c1=O. The molecule has 4 rings (SSSR count). The standard InChI is InChI=1S/C15H11Cl2N5O3/c1-19-12-11(13(24)20(2)15(19)25)21-6-10(23)22(14(21)18-12)9-4-7(16)3-8(17)5-9/h3-5H,6H2,1-2H3. The van der Waals surface area contributed by atoms with Crippen LogP contribution in [0.1, 0.15) is 0 Å². The smallest absolute Gasteiger partial charge is 0.294 e. The molecule has 3 heterocycles. The number of benzene rings is 1. The van der Waals surface area contributed by atoms with Crippen molar-refractivity contribution in [2.75, 3.05) is 4.90 Å². The summed E-state index contributed by atoms with van der Waals surface area (Å²) in [6.45, 7) is -0.0661. The van der Waals surface area contributed by atoms with Crippen molar-refractivity contribution in [1.29, 1.82) is 0 Å². The maximum atomic E-state index is 12.5. The van der Waals surface area contributed by atoms with Crippen molar-refractivity contribution in [2.45, 2.75) is 6.54 Å². The Bertz CT molecular complexity index is 1170. The second-order valence-corrected chi connectivity index (χ2v) is 6.61. The Hall–Kier alpha value is -2.58. The first-order chi connectivity index (χ1) is 11.8. The van der Waals surface area contributed by atoms with Gasteiger partial charge in [0.15, 0.2) is 11.2 Å². The number of halogens is 2. The molecule has 8 nitrogen and oxygen atoms in total. The highest BCUT2D eigenvalue weighted by molar-refractivity contribution is 6.35. The highest BCUT2D eigenvalue weighted by atomic mass is 35.5. The molecule has 0 aliphatic carbocycles. The average molecular weight is 380 g/mol. The van der Waals surface area contributed by atoms with Gasteiger partial charge in [0.1, 0.15) is 6.54 Å². The number of hydrogen-bond donors (Lipinski definition) is 0. The molecule has 1 aliphatic rings. The maximum absolute atomic E-state index is 12.5. The van der Waals surface area contributed by atoms with Gasteiger partial charge in [0.25, 0.3) is 11.5 Å². The van der Waals surface area contributed by atoms with E-state index in [2.05, 4.69) is 4.98 Å². The van der Waals surface area contributed by atoms with Crippen LogP contribution in [0.5, 0.6) is 0 Å². The van der Waals surface area contributed by atoms with Gasteiger partial charge in [-0.05, 0) is 18.2 Å². The molecule has 0 saturated carbocycles. The number of anilines is 2. The van der Waals surface area contributed by atoms with E-state index in [1.807, 2.05) is 0 Å². The van der Waals surface area contributed by atoms with Gasteiger partial charge in [-0.2, -0.15) is 4.98 Å². The van der Waals surface area contributed by atoms with Crippen LogP contribution < -0.4 is 16.1 Å². The van der Waals surface area contributed by atoms with Crippen molar-refractivity contribution in [1.82, 2.24) is 18.7 Å². The predicted octanol–water partition coefficient (Wildman–Crippen LogP) is 1.42. The van der Waals surface area contributed by atoms with E-state index < -0.39 is 11.2 Å². The monoisotopic (exact) mass is 379 g/mol. The summed E-state index contributed by atoms with van der Waals surface area (Å²) in [6, 6.07) is 4.71. The molecule has 1 aliphatic heterocycles. The Morgan fingerprint density at radius 3 is 2.28 bits per heavy atom. The molecule has 0 fully saturated rings. The third-order valence-corrected chi connectivity index (χ3v) is 4.61. The van der Waals surface area contributed by atoms with Crippen LogP contribution in [-0.4, -0.2) is 24.6 Å². The van der Waals surface area contributed by atoms with Gasteiger partial charge in [-0.1, -0.05) is 23.2 Å². The molecule has 1 aromatic carbocycles. The highest BCUT2D eigenvalue weighted by Gasteiger charge is 2.34. The van der Waals surface area contributed by atoms with Crippen molar-refractivity contribution < 1.29 is 4.79 Å². The van der Waals surface area contributed by atoms with E-state index >= 15 is 0 Å². The van der Waals surface area contributed by atoms with Crippen LogP contribution in [0.4, 0.5) is 11.6 Å². The minimum Gasteiger partial charge on any atom is -0.294 e. The van der Waals surface area contributed by atoms with Gasteiger partial charge >= 0.3 is 5.69 Å². The largest absolute Gasteiger partial charge is 0.332 e. The fourth-order valence-electron chi connectivity index (χ4n) is 3.00. The van der Waals surface area contributed by atoms with Crippen molar-refractivity contribution in [2.24, 2.45) is 14.1 Å². The lowest BCUT2D eigenvalue weighted by atomic mass is 10.3. The van der Waals surface area contributed by atoms with E-state index in [4.69, 9.17) is 23.2 Å². The van der Waals surface area contributed by atoms with E-state index in [9.17, 15) is 14.4 Å². The summed E-state index contributed by atoms with van der Waals surface area (Å²) in [5.41, 5.74) is -0.135. The van der Waals surface area contributed by atoms with E-state index in [0.29, 0.717) is 15.7 Å². The van der Waals surface area contributed by atoms with E-state index in [1.165, 1.54) is 28.1 Å². The number of amides is 1. The lowest BCUT2D eigenvalue weighted by molar-refractivity contribution is -0.117. The molecule has 0 saturated heterocycles. The zero-order chi connectivity index (χ0) is 18.0. The summed E-state index contributed by atoms with van der Waals surface area (Å²) in [7, 11) is 2.91. The molecular formula is C15H11Cl2N5O3. The third-order valence-electron chi connectivity index (χ3n) is 4.18. The van der Waals surface area contributed by atoms with Crippen molar-refractivity contribution in [3.8, 4) is 0 Å². The van der Waals surface area contributed by atoms with Gasteiger partial charge in [-0.25, -0.2) is 9.69 Å². The van der Waals surface area contributed by atoms with Crippen LogP contribution in [-0.2, 0) is 25.4 Å². The molecule has 0 unspecified atom stereocenters. The lowest BCUT2D eigenvalue weighted by Crippen LogP contribution is -2.37. The van der Waals surface area contributed by atoms with Gasteiger partial charge in [0.2, 0.25) is 5.95 Å². The second kappa shape index (κ2) is 5.21. The van der Waals surface area contributed by atoms with Gasteiger partial charge in [0, 0.05) is 24.1 Å². The number of carbonyl (C=O) groups excluding carboxylic acids is 1. The molecule has 0 bridgehead atoms. The predicted molar refractivity (Wildman–Crippen MR) is 93.8 cm³/mol. The lowest BCUT2D eigenvalue weighted by Gasteiger charge is -2.14. The molecule has 10 heteroatoms. The summed E-state index contributed by atoms with van der Waals surface area (Å²) in [5.74, 6) is -0.0322. The third kappa shape index (κ3) is 2.14. The quantitative estimate of drug-likeness (QED) is 0.640. The summed E-state index contributed by atoms with van der Waals surface area (Å²) < 4.78 is 3.75. The first kappa shape index (κ1) is 15.9. The molecule has 2 aromatic heterocycles. The molecular weight excluding hydrogens is 369 g/mol. The van der Waals surface area contributed by atoms with E-state index in [1.54, 1.807) is 18.2 Å². The maximum Gasteiger partial charge on any atom is 0.332 e. The van der Waals surface area contributed by atoms with Gasteiger partial charge in [-0.3, -0.25) is 23.3 Å². The molecule has 25 heavy (non-hydrogen) atoms. The minimum absolute atomic E-state index is 0.0661. The number of carbonyl (C=O) groups is 1. The Morgan fingerprint density at radius 2 is 1.64 bits per heavy atom. The fourth-order valence-corrected chi connectivity index (χ4v) is 3.52. The van der Waals surface area contributed by atoms with E-state index in [-0.39, 0.29) is 29.6 Å². The number of nitrogens with zero attached hydrogens (tertiary/aromatic N) is 5. The molecule has 0 N–H and O–H groups in total. The minimum atomic E-state index is -0.504. The summed E-state index contributed by atoms with van der Waals surface area (Å²) in [6.07, 6.45) is 0. The normalized spacial score (nSPS) is 13.8.